The number of anilines is 1. The molecule has 1 aliphatic carbocycles. The number of piperazine rings is 1. The van der Waals surface area contributed by atoms with Crippen LogP contribution in [0.15, 0.2) is 18.2 Å². The van der Waals surface area contributed by atoms with Crippen molar-refractivity contribution in [3.8, 4) is 0 Å². The van der Waals surface area contributed by atoms with Crippen LogP contribution in [0.25, 0.3) is 0 Å². The number of aryl methyl sites for hydroxylation is 1. The van der Waals surface area contributed by atoms with E-state index in [9.17, 15) is 14.4 Å². The molecule has 170 valence electrons. The number of carbonyl (C=O) groups excluding carboxylic acids is 3. The molecular weight excluding hydrogens is 408 g/mol. The Labute approximate surface area is 188 Å². The second kappa shape index (κ2) is 9.14. The molecule has 0 saturated carbocycles. The van der Waals surface area contributed by atoms with E-state index in [1.807, 2.05) is 4.90 Å². The predicted octanol–water partition coefficient (Wildman–Crippen LogP) is 2.54. The molecule has 0 spiro atoms. The Balaban J connectivity index is 1.47. The molecule has 2 aliphatic rings. The Hall–Kier alpha value is -3.16. The van der Waals surface area contributed by atoms with E-state index in [0.29, 0.717) is 43.6 Å². The summed E-state index contributed by atoms with van der Waals surface area (Å²) in [5.41, 5.74) is 4.91. The standard InChI is InChI=1S/C24H30N4O4/c1-4-32-24(31)22-18-8-6-10-20(29)23(18)28(25-22)15-21(30)27-13-11-26(12-14-27)19-9-5-7-16(2)17(19)3/h5,7,9H,4,6,8,10-15H2,1-3H3. The second-order valence-electron chi connectivity index (χ2n) is 8.42. The number of hydrogen-bond acceptors (Lipinski definition) is 6. The first-order valence-electron chi connectivity index (χ1n) is 11.3. The molecule has 4 rings (SSSR count). The van der Waals surface area contributed by atoms with Crippen LogP contribution >= 0.6 is 0 Å². The van der Waals surface area contributed by atoms with Gasteiger partial charge in [-0.1, -0.05) is 12.1 Å². The van der Waals surface area contributed by atoms with E-state index in [1.165, 1.54) is 21.5 Å². The number of amides is 1. The van der Waals surface area contributed by atoms with Gasteiger partial charge < -0.3 is 14.5 Å². The fraction of sp³-hybridized carbons (Fsp3) is 0.500. The highest BCUT2D eigenvalue weighted by Crippen LogP contribution is 2.26. The van der Waals surface area contributed by atoms with Gasteiger partial charge in [-0.15, -0.1) is 0 Å². The molecule has 1 aromatic carbocycles. The summed E-state index contributed by atoms with van der Waals surface area (Å²) in [6.07, 6.45) is 1.68. The summed E-state index contributed by atoms with van der Waals surface area (Å²) in [6, 6.07) is 6.29. The molecule has 32 heavy (non-hydrogen) atoms. The van der Waals surface area contributed by atoms with Gasteiger partial charge >= 0.3 is 5.97 Å². The minimum atomic E-state index is -0.535. The number of ether oxygens (including phenoxy) is 1. The molecule has 0 radical (unpaired) electrons. The Morgan fingerprint density at radius 2 is 1.84 bits per heavy atom. The van der Waals surface area contributed by atoms with Crippen molar-refractivity contribution in [3.63, 3.8) is 0 Å². The first-order chi connectivity index (χ1) is 15.4. The molecule has 2 heterocycles. The number of Topliss-reactive ketones (excluding diaryl/α,β-unsaturated/α-hetero) is 1. The normalized spacial score (nSPS) is 16.2. The van der Waals surface area contributed by atoms with E-state index >= 15 is 0 Å². The molecule has 8 nitrogen and oxygen atoms in total. The van der Waals surface area contributed by atoms with Crippen LogP contribution in [0.1, 0.15) is 57.4 Å². The van der Waals surface area contributed by atoms with Gasteiger partial charge in [-0.3, -0.25) is 14.3 Å². The van der Waals surface area contributed by atoms with Gasteiger partial charge in [0.2, 0.25) is 5.91 Å². The lowest BCUT2D eigenvalue weighted by molar-refractivity contribution is -0.132. The fourth-order valence-corrected chi connectivity index (χ4v) is 4.57. The molecule has 1 saturated heterocycles. The van der Waals surface area contributed by atoms with Crippen LogP contribution in [0, 0.1) is 13.8 Å². The minimum Gasteiger partial charge on any atom is -0.461 e. The zero-order valence-corrected chi connectivity index (χ0v) is 19.0. The van der Waals surface area contributed by atoms with Crippen molar-refractivity contribution < 1.29 is 19.1 Å². The van der Waals surface area contributed by atoms with E-state index < -0.39 is 5.97 Å². The Morgan fingerprint density at radius 3 is 2.56 bits per heavy atom. The van der Waals surface area contributed by atoms with Crippen molar-refractivity contribution in [2.24, 2.45) is 0 Å². The zero-order chi connectivity index (χ0) is 22.8. The van der Waals surface area contributed by atoms with E-state index in [1.54, 1.807) is 6.92 Å². The van der Waals surface area contributed by atoms with E-state index in [4.69, 9.17) is 4.74 Å². The summed E-state index contributed by atoms with van der Waals surface area (Å²) in [7, 11) is 0. The van der Waals surface area contributed by atoms with Crippen molar-refractivity contribution >= 4 is 23.3 Å². The number of nitrogens with zero attached hydrogens (tertiary/aromatic N) is 4. The fourth-order valence-electron chi connectivity index (χ4n) is 4.57. The molecule has 0 N–H and O–H groups in total. The molecule has 2 aromatic rings. The van der Waals surface area contributed by atoms with Crippen LogP contribution < -0.4 is 4.90 Å². The average molecular weight is 439 g/mol. The highest BCUT2D eigenvalue weighted by atomic mass is 16.5. The molecule has 1 aliphatic heterocycles. The largest absolute Gasteiger partial charge is 0.461 e. The van der Waals surface area contributed by atoms with Crippen LogP contribution in [0.5, 0.6) is 0 Å². The van der Waals surface area contributed by atoms with Gasteiger partial charge in [0.05, 0.1) is 6.61 Å². The lowest BCUT2D eigenvalue weighted by atomic mass is 9.94. The number of ketones is 1. The monoisotopic (exact) mass is 438 g/mol. The molecule has 0 bridgehead atoms. The van der Waals surface area contributed by atoms with Gasteiger partial charge in [0, 0.05) is 43.9 Å². The van der Waals surface area contributed by atoms with Crippen molar-refractivity contribution in [2.45, 2.75) is 46.6 Å². The number of fused-ring (bicyclic) bond motifs is 1. The third-order valence-corrected chi connectivity index (χ3v) is 6.45. The summed E-state index contributed by atoms with van der Waals surface area (Å²) in [6.45, 7) is 8.86. The quantitative estimate of drug-likeness (QED) is 0.667. The van der Waals surface area contributed by atoms with Crippen LogP contribution in [-0.2, 0) is 22.5 Å². The number of benzene rings is 1. The summed E-state index contributed by atoms with van der Waals surface area (Å²) in [5.74, 6) is -0.696. The number of esters is 1. The van der Waals surface area contributed by atoms with Crippen LogP contribution in [0.3, 0.4) is 0 Å². The highest BCUT2D eigenvalue weighted by Gasteiger charge is 2.32. The molecule has 0 unspecified atom stereocenters. The predicted molar refractivity (Wildman–Crippen MR) is 120 cm³/mol. The maximum atomic E-state index is 13.0. The van der Waals surface area contributed by atoms with Gasteiger partial charge in [-0.2, -0.15) is 5.10 Å². The average Bonchev–Trinajstić information content (AvgIpc) is 3.15. The molecule has 1 amide bonds. The lowest BCUT2D eigenvalue weighted by Gasteiger charge is -2.37. The number of carbonyl (C=O) groups is 3. The molecule has 8 heteroatoms. The number of rotatable bonds is 5. The highest BCUT2D eigenvalue weighted by molar-refractivity contribution is 6.01. The van der Waals surface area contributed by atoms with E-state index in [-0.39, 0.29) is 30.5 Å². The van der Waals surface area contributed by atoms with Crippen molar-refractivity contribution in [2.75, 3.05) is 37.7 Å². The van der Waals surface area contributed by atoms with Gasteiger partial charge in [0.25, 0.3) is 0 Å². The van der Waals surface area contributed by atoms with Crippen molar-refractivity contribution in [3.05, 3.63) is 46.3 Å². The van der Waals surface area contributed by atoms with Crippen LogP contribution in [0.2, 0.25) is 0 Å². The Bertz CT molecular complexity index is 1050. The topological polar surface area (TPSA) is 84.7 Å². The first-order valence-corrected chi connectivity index (χ1v) is 11.3. The smallest absolute Gasteiger partial charge is 0.359 e. The molecule has 1 aromatic heterocycles. The van der Waals surface area contributed by atoms with Crippen LogP contribution in [-0.4, -0.2) is 65.1 Å². The molecule has 1 fully saturated rings. The third-order valence-electron chi connectivity index (χ3n) is 6.45. The number of hydrogen-bond donors (Lipinski definition) is 0. The summed E-state index contributed by atoms with van der Waals surface area (Å²) >= 11 is 0. The summed E-state index contributed by atoms with van der Waals surface area (Å²) in [4.78, 5) is 42.1. The third kappa shape index (κ3) is 4.13. The van der Waals surface area contributed by atoms with Gasteiger partial charge in [-0.25, -0.2) is 4.79 Å². The van der Waals surface area contributed by atoms with Gasteiger partial charge in [0.15, 0.2) is 11.5 Å². The van der Waals surface area contributed by atoms with Gasteiger partial charge in [-0.05, 0) is 50.8 Å². The Kier molecular flexibility index (Phi) is 6.30. The first kappa shape index (κ1) is 22.0. The second-order valence-corrected chi connectivity index (χ2v) is 8.42. The lowest BCUT2D eigenvalue weighted by Crippen LogP contribution is -2.50. The zero-order valence-electron chi connectivity index (χ0n) is 19.0. The SMILES string of the molecule is CCOC(=O)c1nn(CC(=O)N2CCN(c3cccc(C)c3C)CC2)c2c1CCCC2=O. The van der Waals surface area contributed by atoms with Crippen molar-refractivity contribution in [1.82, 2.24) is 14.7 Å². The van der Waals surface area contributed by atoms with E-state index in [2.05, 4.69) is 42.0 Å². The van der Waals surface area contributed by atoms with E-state index in [0.717, 1.165) is 13.1 Å². The number of aromatic nitrogens is 2. The Morgan fingerprint density at radius 1 is 1.09 bits per heavy atom. The van der Waals surface area contributed by atoms with Gasteiger partial charge in [0.1, 0.15) is 12.2 Å². The maximum absolute atomic E-state index is 13.0. The van der Waals surface area contributed by atoms with Crippen LogP contribution in [0.4, 0.5) is 5.69 Å². The maximum Gasteiger partial charge on any atom is 0.359 e. The molecular formula is C24H30N4O4. The summed E-state index contributed by atoms with van der Waals surface area (Å²) < 4.78 is 6.53. The molecule has 0 atom stereocenters. The summed E-state index contributed by atoms with van der Waals surface area (Å²) in [5, 5.41) is 4.34. The minimum absolute atomic E-state index is 0.0447. The van der Waals surface area contributed by atoms with Crippen molar-refractivity contribution in [1.29, 1.82) is 0 Å².